The predicted octanol–water partition coefficient (Wildman–Crippen LogP) is 2.83. The second-order valence-corrected chi connectivity index (χ2v) is 5.11. The number of hydrogen-bond acceptors (Lipinski definition) is 4. The van der Waals surface area contributed by atoms with Crippen LogP contribution in [0.25, 0.3) is 0 Å². The number of nitrogens with zero attached hydrogens (tertiary/aromatic N) is 2. The van der Waals surface area contributed by atoms with Crippen molar-refractivity contribution in [3.63, 3.8) is 0 Å². The maximum absolute atomic E-state index is 11.2. The van der Waals surface area contributed by atoms with Gasteiger partial charge in [-0.1, -0.05) is 24.6 Å². The fourth-order valence-corrected chi connectivity index (χ4v) is 2.80. The molecule has 5 nitrogen and oxygen atoms in total. The summed E-state index contributed by atoms with van der Waals surface area (Å²) in [5.41, 5.74) is 0.651. The average molecular weight is 284 g/mol. The van der Waals surface area contributed by atoms with Gasteiger partial charge in [0, 0.05) is 19.1 Å². The Hall–Kier alpha value is -1.33. The van der Waals surface area contributed by atoms with Gasteiger partial charge in [0.05, 0.1) is 4.92 Å². The number of nitro groups is 1. The summed E-state index contributed by atoms with van der Waals surface area (Å²) in [4.78, 5) is 13.0. The van der Waals surface area contributed by atoms with Crippen molar-refractivity contribution in [1.82, 2.24) is 5.32 Å². The first-order valence-electron chi connectivity index (χ1n) is 6.55. The average Bonchev–Trinajstić information content (AvgIpc) is 2.88. The molecule has 1 aromatic carbocycles. The lowest BCUT2D eigenvalue weighted by Crippen LogP contribution is -2.37. The van der Waals surface area contributed by atoms with Gasteiger partial charge < -0.3 is 10.2 Å². The van der Waals surface area contributed by atoms with Gasteiger partial charge in [0.1, 0.15) is 10.7 Å². The normalized spacial score (nSPS) is 18.5. The van der Waals surface area contributed by atoms with E-state index >= 15 is 0 Å². The number of benzene rings is 1. The van der Waals surface area contributed by atoms with Crippen LogP contribution in [0.15, 0.2) is 18.2 Å². The predicted molar refractivity (Wildman–Crippen MR) is 77.0 cm³/mol. The molecule has 2 rings (SSSR count). The highest BCUT2D eigenvalue weighted by Crippen LogP contribution is 2.36. The van der Waals surface area contributed by atoms with Gasteiger partial charge in [-0.25, -0.2) is 0 Å². The zero-order chi connectivity index (χ0) is 13.8. The van der Waals surface area contributed by atoms with E-state index in [0.29, 0.717) is 11.7 Å². The molecule has 0 amide bonds. The molecule has 1 aliphatic rings. The van der Waals surface area contributed by atoms with Gasteiger partial charge in [-0.3, -0.25) is 10.1 Å². The number of hydrogen-bond donors (Lipinski definition) is 1. The van der Waals surface area contributed by atoms with Crippen LogP contribution in [0.3, 0.4) is 0 Å². The van der Waals surface area contributed by atoms with Crippen molar-refractivity contribution in [2.45, 2.75) is 25.8 Å². The van der Waals surface area contributed by atoms with Crippen molar-refractivity contribution in [2.75, 3.05) is 24.5 Å². The first kappa shape index (κ1) is 14.1. The SMILES string of the molecule is CCCN(c1cccc(Cl)c1[N+](=O)[O-])C1CCNC1. The number of halogens is 1. The minimum atomic E-state index is -0.386. The van der Waals surface area contributed by atoms with Crippen molar-refractivity contribution >= 4 is 23.0 Å². The summed E-state index contributed by atoms with van der Waals surface area (Å²) in [6.07, 6.45) is 1.95. The standard InChI is InChI=1S/C13H18ClN3O2/c1-2-8-16(10-6-7-15-9-10)12-5-3-4-11(14)13(12)17(18)19/h3-5,10,15H,2,6-9H2,1H3. The Kier molecular flexibility index (Phi) is 4.61. The Morgan fingerprint density at radius 3 is 2.95 bits per heavy atom. The van der Waals surface area contributed by atoms with Crippen LogP contribution in [0.5, 0.6) is 0 Å². The van der Waals surface area contributed by atoms with Crippen molar-refractivity contribution in [2.24, 2.45) is 0 Å². The van der Waals surface area contributed by atoms with Gasteiger partial charge in [0.25, 0.3) is 0 Å². The Bertz CT molecular complexity index is 461. The van der Waals surface area contributed by atoms with E-state index in [1.807, 2.05) is 0 Å². The van der Waals surface area contributed by atoms with E-state index in [-0.39, 0.29) is 15.6 Å². The van der Waals surface area contributed by atoms with E-state index in [0.717, 1.165) is 32.5 Å². The maximum Gasteiger partial charge on any atom is 0.310 e. The quantitative estimate of drug-likeness (QED) is 0.667. The minimum Gasteiger partial charge on any atom is -0.362 e. The highest BCUT2D eigenvalue weighted by molar-refractivity contribution is 6.33. The smallest absolute Gasteiger partial charge is 0.310 e. The summed E-state index contributed by atoms with van der Waals surface area (Å²) < 4.78 is 0. The van der Waals surface area contributed by atoms with Crippen molar-refractivity contribution in [3.05, 3.63) is 33.3 Å². The van der Waals surface area contributed by atoms with Gasteiger partial charge in [-0.05, 0) is 31.5 Å². The molecule has 1 heterocycles. The molecule has 19 heavy (non-hydrogen) atoms. The zero-order valence-corrected chi connectivity index (χ0v) is 11.7. The molecule has 0 aliphatic carbocycles. The molecule has 6 heteroatoms. The summed E-state index contributed by atoms with van der Waals surface area (Å²) >= 11 is 5.99. The number of nitrogens with one attached hydrogen (secondary N) is 1. The van der Waals surface area contributed by atoms with Crippen LogP contribution in [-0.2, 0) is 0 Å². The van der Waals surface area contributed by atoms with Crippen molar-refractivity contribution in [1.29, 1.82) is 0 Å². The fourth-order valence-electron chi connectivity index (χ4n) is 2.56. The second-order valence-electron chi connectivity index (χ2n) is 4.70. The topological polar surface area (TPSA) is 58.4 Å². The molecule has 1 N–H and O–H groups in total. The molecule has 0 bridgehead atoms. The second kappa shape index (κ2) is 6.21. The highest BCUT2D eigenvalue weighted by Gasteiger charge is 2.28. The monoisotopic (exact) mass is 283 g/mol. The molecule has 104 valence electrons. The summed E-state index contributed by atoms with van der Waals surface area (Å²) in [6, 6.07) is 5.44. The van der Waals surface area contributed by atoms with Gasteiger partial charge in [-0.2, -0.15) is 0 Å². The summed E-state index contributed by atoms with van der Waals surface area (Å²) in [5, 5.41) is 14.7. The number of para-hydroxylation sites is 1. The summed E-state index contributed by atoms with van der Waals surface area (Å²) in [7, 11) is 0. The number of anilines is 1. The molecule has 1 saturated heterocycles. The maximum atomic E-state index is 11.2. The Morgan fingerprint density at radius 1 is 1.58 bits per heavy atom. The molecule has 1 aliphatic heterocycles. The molecule has 1 fully saturated rings. The van der Waals surface area contributed by atoms with Crippen LogP contribution in [0.4, 0.5) is 11.4 Å². The first-order valence-corrected chi connectivity index (χ1v) is 6.93. The molecule has 0 radical (unpaired) electrons. The van der Waals surface area contributed by atoms with Gasteiger partial charge >= 0.3 is 5.69 Å². The van der Waals surface area contributed by atoms with Crippen molar-refractivity contribution in [3.8, 4) is 0 Å². The van der Waals surface area contributed by atoms with E-state index in [1.54, 1.807) is 18.2 Å². The summed E-state index contributed by atoms with van der Waals surface area (Å²) in [5.74, 6) is 0. The molecule has 1 atom stereocenters. The molecular weight excluding hydrogens is 266 g/mol. The van der Waals surface area contributed by atoms with Gasteiger partial charge in [-0.15, -0.1) is 0 Å². The lowest BCUT2D eigenvalue weighted by atomic mass is 10.1. The van der Waals surface area contributed by atoms with Crippen LogP contribution < -0.4 is 10.2 Å². The third kappa shape index (κ3) is 2.98. The van der Waals surface area contributed by atoms with E-state index in [4.69, 9.17) is 11.6 Å². The van der Waals surface area contributed by atoms with Gasteiger partial charge in [0.15, 0.2) is 0 Å². The molecule has 0 spiro atoms. The number of rotatable bonds is 5. The zero-order valence-electron chi connectivity index (χ0n) is 10.9. The van der Waals surface area contributed by atoms with Crippen LogP contribution in [0.1, 0.15) is 19.8 Å². The van der Waals surface area contributed by atoms with E-state index in [9.17, 15) is 10.1 Å². The van der Waals surface area contributed by atoms with Crippen LogP contribution >= 0.6 is 11.6 Å². The third-order valence-corrected chi connectivity index (χ3v) is 3.70. The van der Waals surface area contributed by atoms with E-state index < -0.39 is 0 Å². The van der Waals surface area contributed by atoms with Crippen molar-refractivity contribution < 1.29 is 4.92 Å². The minimum absolute atomic E-state index is 0.0181. The fraction of sp³-hybridized carbons (Fsp3) is 0.538. The molecule has 1 unspecified atom stereocenters. The van der Waals surface area contributed by atoms with Gasteiger partial charge in [0.2, 0.25) is 0 Å². The Balaban J connectivity index is 2.40. The Labute approximate surface area is 117 Å². The molecule has 0 aromatic heterocycles. The third-order valence-electron chi connectivity index (χ3n) is 3.40. The Morgan fingerprint density at radius 2 is 2.37 bits per heavy atom. The molecular formula is C13H18ClN3O2. The lowest BCUT2D eigenvalue weighted by Gasteiger charge is -2.30. The highest BCUT2D eigenvalue weighted by atomic mass is 35.5. The number of nitro benzene ring substituents is 1. The first-order chi connectivity index (χ1) is 9.15. The van der Waals surface area contributed by atoms with Crippen LogP contribution in [0.2, 0.25) is 5.02 Å². The van der Waals surface area contributed by atoms with E-state index in [2.05, 4.69) is 17.1 Å². The van der Waals surface area contributed by atoms with Crippen LogP contribution in [-0.4, -0.2) is 30.6 Å². The molecule has 1 aromatic rings. The lowest BCUT2D eigenvalue weighted by molar-refractivity contribution is -0.384. The van der Waals surface area contributed by atoms with E-state index in [1.165, 1.54) is 0 Å². The summed E-state index contributed by atoms with van der Waals surface area (Å²) in [6.45, 7) is 4.70. The largest absolute Gasteiger partial charge is 0.362 e. The van der Waals surface area contributed by atoms with Crippen LogP contribution in [0, 0.1) is 10.1 Å². The molecule has 0 saturated carbocycles.